The van der Waals surface area contributed by atoms with Crippen molar-refractivity contribution in [2.45, 2.75) is 46.1 Å². The Balaban J connectivity index is 2.21. The number of hydrogen-bond donors (Lipinski definition) is 1. The maximum Gasteiger partial charge on any atom is 0.113 e. The minimum absolute atomic E-state index is 0.451. The average Bonchev–Trinajstić information content (AvgIpc) is 2.94. The van der Waals surface area contributed by atoms with Crippen molar-refractivity contribution in [3.8, 4) is 5.69 Å². The van der Waals surface area contributed by atoms with Gasteiger partial charge in [0.2, 0.25) is 0 Å². The molecule has 1 heterocycles. The van der Waals surface area contributed by atoms with E-state index in [1.165, 1.54) is 11.3 Å². The van der Waals surface area contributed by atoms with E-state index in [1.807, 2.05) is 12.4 Å². The van der Waals surface area contributed by atoms with Crippen LogP contribution in [0, 0.1) is 0 Å². The van der Waals surface area contributed by atoms with E-state index in [1.54, 1.807) is 0 Å². The van der Waals surface area contributed by atoms with Crippen LogP contribution in [-0.4, -0.2) is 16.1 Å². The van der Waals surface area contributed by atoms with Crippen molar-refractivity contribution in [3.05, 3.63) is 48.0 Å². The number of aromatic nitrogens is 2. The van der Waals surface area contributed by atoms with Crippen LogP contribution in [0.2, 0.25) is 0 Å². The van der Waals surface area contributed by atoms with Gasteiger partial charge in [0, 0.05) is 30.5 Å². The molecule has 3 nitrogen and oxygen atoms in total. The lowest BCUT2D eigenvalue weighted by Crippen LogP contribution is -2.19. The first-order chi connectivity index (χ1) is 9.80. The summed E-state index contributed by atoms with van der Waals surface area (Å²) >= 11 is 0. The third kappa shape index (κ3) is 3.28. The zero-order valence-electron chi connectivity index (χ0n) is 12.8. The molecule has 2 aromatic rings. The van der Waals surface area contributed by atoms with Crippen LogP contribution in [0.3, 0.4) is 0 Å². The van der Waals surface area contributed by atoms with E-state index in [2.05, 4.69) is 59.9 Å². The van der Waals surface area contributed by atoms with E-state index in [0.717, 1.165) is 31.6 Å². The Hall–Kier alpha value is -1.61. The highest BCUT2D eigenvalue weighted by atomic mass is 15.1. The van der Waals surface area contributed by atoms with Crippen molar-refractivity contribution in [1.29, 1.82) is 0 Å². The van der Waals surface area contributed by atoms with Gasteiger partial charge in [-0.05, 0) is 37.1 Å². The van der Waals surface area contributed by atoms with Crippen LogP contribution in [0.4, 0.5) is 0 Å². The quantitative estimate of drug-likeness (QED) is 0.828. The molecule has 0 saturated heterocycles. The summed E-state index contributed by atoms with van der Waals surface area (Å²) in [6.07, 6.45) is 7.17. The van der Waals surface area contributed by atoms with Crippen molar-refractivity contribution in [2.75, 3.05) is 6.54 Å². The molecule has 0 amide bonds. The molecule has 1 N–H and O–H groups in total. The van der Waals surface area contributed by atoms with Gasteiger partial charge in [0.25, 0.3) is 0 Å². The molecule has 2 rings (SSSR count). The second-order valence-corrected chi connectivity index (χ2v) is 5.07. The summed E-state index contributed by atoms with van der Waals surface area (Å²) in [5.41, 5.74) is 2.55. The van der Waals surface area contributed by atoms with Gasteiger partial charge in [0.15, 0.2) is 0 Å². The van der Waals surface area contributed by atoms with Gasteiger partial charge in [-0.25, -0.2) is 4.98 Å². The number of rotatable bonds is 7. The van der Waals surface area contributed by atoms with Gasteiger partial charge in [-0.15, -0.1) is 0 Å². The fourth-order valence-corrected chi connectivity index (χ4v) is 2.59. The van der Waals surface area contributed by atoms with Crippen molar-refractivity contribution in [3.63, 3.8) is 0 Å². The minimum Gasteiger partial charge on any atom is -0.310 e. The first-order valence-corrected chi connectivity index (χ1v) is 7.66. The van der Waals surface area contributed by atoms with E-state index in [0.29, 0.717) is 6.04 Å². The first-order valence-electron chi connectivity index (χ1n) is 7.66. The second kappa shape index (κ2) is 7.25. The third-order valence-corrected chi connectivity index (χ3v) is 3.62. The van der Waals surface area contributed by atoms with E-state index < -0.39 is 0 Å². The number of hydrogen-bond acceptors (Lipinski definition) is 2. The summed E-state index contributed by atoms with van der Waals surface area (Å²) in [7, 11) is 0. The Morgan fingerprint density at radius 2 is 1.90 bits per heavy atom. The first kappa shape index (κ1) is 14.8. The molecule has 0 bridgehead atoms. The van der Waals surface area contributed by atoms with Crippen LogP contribution in [-0.2, 0) is 6.42 Å². The van der Waals surface area contributed by atoms with Crippen molar-refractivity contribution < 1.29 is 0 Å². The monoisotopic (exact) mass is 271 g/mol. The lowest BCUT2D eigenvalue weighted by Gasteiger charge is -2.17. The molecule has 1 aromatic heterocycles. The summed E-state index contributed by atoms with van der Waals surface area (Å²) in [5, 5.41) is 3.52. The summed E-state index contributed by atoms with van der Waals surface area (Å²) in [5.74, 6) is 1.14. The molecule has 3 heteroatoms. The lowest BCUT2D eigenvalue weighted by molar-refractivity contribution is 0.537. The van der Waals surface area contributed by atoms with Crippen molar-refractivity contribution in [2.24, 2.45) is 0 Å². The number of nitrogens with one attached hydrogen (secondary N) is 1. The van der Waals surface area contributed by atoms with E-state index in [-0.39, 0.29) is 0 Å². The Morgan fingerprint density at radius 1 is 1.15 bits per heavy atom. The summed E-state index contributed by atoms with van der Waals surface area (Å²) in [6.45, 7) is 7.56. The molecule has 0 aliphatic rings. The third-order valence-electron chi connectivity index (χ3n) is 3.62. The molecule has 0 radical (unpaired) electrons. The highest BCUT2D eigenvalue weighted by Gasteiger charge is 2.08. The van der Waals surface area contributed by atoms with Crippen molar-refractivity contribution in [1.82, 2.24) is 14.9 Å². The van der Waals surface area contributed by atoms with Gasteiger partial charge >= 0.3 is 0 Å². The Labute approximate surface area is 122 Å². The Morgan fingerprint density at radius 3 is 2.50 bits per heavy atom. The molecule has 108 valence electrons. The second-order valence-electron chi connectivity index (χ2n) is 5.07. The fraction of sp³-hybridized carbons (Fsp3) is 0.471. The van der Waals surface area contributed by atoms with Crippen molar-refractivity contribution >= 4 is 0 Å². The maximum absolute atomic E-state index is 4.44. The predicted octanol–water partition coefficient (Wildman–Crippen LogP) is 3.89. The minimum atomic E-state index is 0.451. The summed E-state index contributed by atoms with van der Waals surface area (Å²) in [6, 6.07) is 9.28. The molecule has 0 saturated carbocycles. The van der Waals surface area contributed by atoms with Crippen LogP contribution in [0.5, 0.6) is 0 Å². The topological polar surface area (TPSA) is 29.9 Å². The number of aryl methyl sites for hydroxylation is 1. The molecular formula is C17H25N3. The van der Waals surface area contributed by atoms with E-state index in [4.69, 9.17) is 0 Å². The van der Waals surface area contributed by atoms with E-state index in [9.17, 15) is 0 Å². The number of benzene rings is 1. The molecule has 0 aliphatic heterocycles. The lowest BCUT2D eigenvalue weighted by atomic mass is 10.0. The van der Waals surface area contributed by atoms with Gasteiger partial charge in [-0.1, -0.05) is 32.9 Å². The number of imidazole rings is 1. The summed E-state index contributed by atoms with van der Waals surface area (Å²) < 4.78 is 2.18. The van der Waals surface area contributed by atoms with Gasteiger partial charge in [0.1, 0.15) is 5.82 Å². The van der Waals surface area contributed by atoms with Gasteiger partial charge in [-0.2, -0.15) is 0 Å². The summed E-state index contributed by atoms with van der Waals surface area (Å²) in [4.78, 5) is 4.44. The molecular weight excluding hydrogens is 246 g/mol. The van der Waals surface area contributed by atoms with Gasteiger partial charge in [0.05, 0.1) is 0 Å². The van der Waals surface area contributed by atoms with Gasteiger partial charge < -0.3 is 9.88 Å². The standard InChI is InChI=1S/C17H25N3/c1-4-7-17-19-12-13-20(17)15-10-8-14(9-11-15)16(5-2)18-6-3/h8-13,16,18H,4-7H2,1-3H3. The van der Waals surface area contributed by atoms with Crippen LogP contribution in [0.25, 0.3) is 5.69 Å². The normalized spacial score (nSPS) is 12.6. The van der Waals surface area contributed by atoms with Gasteiger partial charge in [-0.3, -0.25) is 0 Å². The zero-order chi connectivity index (χ0) is 14.4. The molecule has 0 fully saturated rings. The average molecular weight is 271 g/mol. The van der Waals surface area contributed by atoms with Crippen LogP contribution < -0.4 is 5.32 Å². The Kier molecular flexibility index (Phi) is 5.36. The van der Waals surface area contributed by atoms with Crippen LogP contribution in [0.15, 0.2) is 36.7 Å². The molecule has 0 aliphatic carbocycles. The SMILES string of the molecule is CCCc1nccn1-c1ccc(C(CC)NCC)cc1. The Bertz CT molecular complexity index is 513. The van der Waals surface area contributed by atoms with Crippen LogP contribution >= 0.6 is 0 Å². The smallest absolute Gasteiger partial charge is 0.113 e. The van der Waals surface area contributed by atoms with Crippen LogP contribution in [0.1, 0.15) is 51.0 Å². The van der Waals surface area contributed by atoms with E-state index >= 15 is 0 Å². The maximum atomic E-state index is 4.44. The predicted molar refractivity (Wildman–Crippen MR) is 84.3 cm³/mol. The molecule has 1 atom stereocenters. The number of nitrogens with zero attached hydrogens (tertiary/aromatic N) is 2. The largest absolute Gasteiger partial charge is 0.310 e. The zero-order valence-corrected chi connectivity index (χ0v) is 12.8. The fourth-order valence-electron chi connectivity index (χ4n) is 2.59. The molecule has 20 heavy (non-hydrogen) atoms. The molecule has 1 aromatic carbocycles. The molecule has 0 spiro atoms. The molecule has 1 unspecified atom stereocenters. The highest BCUT2D eigenvalue weighted by molar-refractivity contribution is 5.37. The highest BCUT2D eigenvalue weighted by Crippen LogP contribution is 2.19.